The van der Waals surface area contributed by atoms with Crippen molar-refractivity contribution in [3.8, 4) is 11.3 Å². The van der Waals surface area contributed by atoms with Gasteiger partial charge in [-0.05, 0) is 55.0 Å². The SMILES string of the molecule is CCCCNC(=O)Nc1cccc(-c2cn([C@@H]3O[C@H](COC(=O)c4ccccc4)[C@@H](OC(=O)c4ccccc4)[C@H]3OC(=O)c3ccccc3)cn2)c1. The van der Waals surface area contributed by atoms with Gasteiger partial charge in [-0.25, -0.2) is 24.2 Å². The van der Waals surface area contributed by atoms with E-state index in [9.17, 15) is 19.2 Å². The number of nitrogens with zero attached hydrogens (tertiary/aromatic N) is 2. The fourth-order valence-corrected chi connectivity index (χ4v) is 5.63. The van der Waals surface area contributed by atoms with E-state index >= 15 is 0 Å². The van der Waals surface area contributed by atoms with Gasteiger partial charge in [-0.3, -0.25) is 0 Å². The number of ether oxygens (including phenoxy) is 4. The lowest BCUT2D eigenvalue weighted by molar-refractivity contribution is -0.0620. The molecule has 0 aliphatic carbocycles. The number of hydrogen-bond donors (Lipinski definition) is 2. The number of imidazole rings is 1. The monoisotopic (exact) mass is 702 g/mol. The van der Waals surface area contributed by atoms with Crippen LogP contribution in [-0.4, -0.2) is 65.0 Å². The lowest BCUT2D eigenvalue weighted by Crippen LogP contribution is -2.41. The van der Waals surface area contributed by atoms with Gasteiger partial charge in [0.25, 0.3) is 0 Å². The van der Waals surface area contributed by atoms with Gasteiger partial charge in [0.2, 0.25) is 0 Å². The molecule has 266 valence electrons. The third-order valence-electron chi connectivity index (χ3n) is 8.31. The molecule has 6 rings (SSSR count). The van der Waals surface area contributed by atoms with Crippen molar-refractivity contribution in [3.63, 3.8) is 0 Å². The Kier molecular flexibility index (Phi) is 11.7. The van der Waals surface area contributed by atoms with E-state index < -0.39 is 42.4 Å². The summed E-state index contributed by atoms with van der Waals surface area (Å²) in [6, 6.07) is 32.1. The van der Waals surface area contributed by atoms with Crippen LogP contribution in [0.4, 0.5) is 10.5 Å². The van der Waals surface area contributed by atoms with Gasteiger partial charge in [0.15, 0.2) is 18.4 Å². The number of hydrogen-bond acceptors (Lipinski definition) is 9. The second-order valence-corrected chi connectivity index (χ2v) is 12.0. The number of aromatic nitrogens is 2. The van der Waals surface area contributed by atoms with Gasteiger partial charge in [-0.1, -0.05) is 80.1 Å². The number of esters is 3. The standard InChI is InChI=1S/C40H38N4O8/c1-2-3-22-41-40(48)43-31-21-13-20-30(23-31)32-24-44(26-42-32)36-35(52-39(47)29-18-11-6-12-19-29)34(51-38(46)28-16-9-5-10-17-28)33(50-36)25-49-37(45)27-14-7-4-8-15-27/h4-21,23-24,26,33-36H,2-3,22,25H2,1H3,(H2,41,43,48)/t33-,34-,35-,36-/m1/s1. The van der Waals surface area contributed by atoms with Crippen LogP contribution < -0.4 is 10.6 Å². The smallest absolute Gasteiger partial charge is 0.338 e. The molecule has 0 bridgehead atoms. The normalized spacial score (nSPS) is 17.9. The molecule has 5 aromatic rings. The summed E-state index contributed by atoms with van der Waals surface area (Å²) in [5.41, 5.74) is 2.68. The molecule has 0 unspecified atom stereocenters. The summed E-state index contributed by atoms with van der Waals surface area (Å²) in [5, 5.41) is 5.67. The summed E-state index contributed by atoms with van der Waals surface area (Å²) < 4.78 is 25.8. The molecule has 2 amide bonds. The van der Waals surface area contributed by atoms with E-state index in [1.807, 2.05) is 13.0 Å². The lowest BCUT2D eigenvalue weighted by atomic mass is 10.1. The number of amides is 2. The Bertz CT molecular complexity index is 1970. The second-order valence-electron chi connectivity index (χ2n) is 12.0. The number of nitrogens with one attached hydrogen (secondary N) is 2. The molecule has 1 saturated heterocycles. The van der Waals surface area contributed by atoms with Gasteiger partial charge < -0.3 is 34.1 Å². The molecule has 0 radical (unpaired) electrons. The number of urea groups is 1. The molecule has 0 saturated carbocycles. The summed E-state index contributed by atoms with van der Waals surface area (Å²) in [4.78, 5) is 56.9. The van der Waals surface area contributed by atoms with Crippen LogP contribution in [0.3, 0.4) is 0 Å². The number of unbranched alkanes of at least 4 members (excludes halogenated alkanes) is 1. The van der Waals surface area contributed by atoms with Gasteiger partial charge >= 0.3 is 23.9 Å². The van der Waals surface area contributed by atoms with Gasteiger partial charge in [0.1, 0.15) is 12.7 Å². The zero-order valence-electron chi connectivity index (χ0n) is 28.4. The minimum Gasteiger partial charge on any atom is -0.459 e. The predicted molar refractivity (Wildman–Crippen MR) is 192 cm³/mol. The number of carbonyl (C=O) groups is 4. The first kappa shape index (κ1) is 35.6. The quantitative estimate of drug-likeness (QED) is 0.0779. The van der Waals surface area contributed by atoms with Crippen LogP contribution in [0, 0.1) is 0 Å². The molecule has 52 heavy (non-hydrogen) atoms. The molecule has 1 aliphatic heterocycles. The molecule has 2 N–H and O–H groups in total. The number of carbonyl (C=O) groups excluding carboxylic acids is 4. The van der Waals surface area contributed by atoms with Gasteiger partial charge in [0, 0.05) is 24.0 Å². The fourth-order valence-electron chi connectivity index (χ4n) is 5.63. The van der Waals surface area contributed by atoms with E-state index in [0.29, 0.717) is 29.1 Å². The average Bonchev–Trinajstić information content (AvgIpc) is 3.80. The highest BCUT2D eigenvalue weighted by atomic mass is 16.7. The predicted octanol–water partition coefficient (Wildman–Crippen LogP) is 6.68. The number of rotatable bonds is 13. The second kappa shape index (κ2) is 17.1. The number of benzene rings is 4. The minimum atomic E-state index is -1.20. The van der Waals surface area contributed by atoms with Crippen molar-refractivity contribution in [1.29, 1.82) is 0 Å². The Morgan fingerprint density at radius 2 is 1.35 bits per heavy atom. The van der Waals surface area contributed by atoms with Crippen molar-refractivity contribution in [1.82, 2.24) is 14.9 Å². The van der Waals surface area contributed by atoms with Crippen molar-refractivity contribution in [2.45, 2.75) is 44.3 Å². The van der Waals surface area contributed by atoms with E-state index in [2.05, 4.69) is 15.6 Å². The minimum absolute atomic E-state index is 0.275. The Morgan fingerprint density at radius 3 is 1.96 bits per heavy atom. The molecule has 1 aromatic heterocycles. The molecule has 12 nitrogen and oxygen atoms in total. The van der Waals surface area contributed by atoms with Crippen molar-refractivity contribution in [2.75, 3.05) is 18.5 Å². The first-order valence-electron chi connectivity index (χ1n) is 17.0. The molecular formula is C40H38N4O8. The van der Waals surface area contributed by atoms with Gasteiger partial charge in [0.05, 0.1) is 28.7 Å². The highest BCUT2D eigenvalue weighted by Crippen LogP contribution is 2.36. The summed E-state index contributed by atoms with van der Waals surface area (Å²) >= 11 is 0. The van der Waals surface area contributed by atoms with Crippen molar-refractivity contribution in [3.05, 3.63) is 144 Å². The van der Waals surface area contributed by atoms with E-state index in [-0.39, 0.29) is 23.8 Å². The van der Waals surface area contributed by atoms with E-state index in [1.165, 1.54) is 6.33 Å². The Morgan fingerprint density at radius 1 is 0.750 bits per heavy atom. The van der Waals surface area contributed by atoms with Gasteiger partial charge in [-0.15, -0.1) is 0 Å². The largest absolute Gasteiger partial charge is 0.459 e. The molecule has 2 heterocycles. The van der Waals surface area contributed by atoms with Crippen molar-refractivity contribution in [2.24, 2.45) is 0 Å². The maximum absolute atomic E-state index is 13.5. The van der Waals surface area contributed by atoms with Gasteiger partial charge in [-0.2, -0.15) is 0 Å². The first-order chi connectivity index (χ1) is 25.4. The summed E-state index contributed by atoms with van der Waals surface area (Å²) in [6.45, 7) is 2.30. The Balaban J connectivity index is 1.30. The van der Waals surface area contributed by atoms with Crippen molar-refractivity contribution >= 4 is 29.6 Å². The van der Waals surface area contributed by atoms with Crippen LogP contribution in [0.25, 0.3) is 11.3 Å². The molecule has 0 spiro atoms. The first-order valence-corrected chi connectivity index (χ1v) is 17.0. The zero-order valence-corrected chi connectivity index (χ0v) is 28.4. The topological polar surface area (TPSA) is 147 Å². The Hall–Kier alpha value is -6.27. The highest BCUT2D eigenvalue weighted by Gasteiger charge is 2.51. The maximum atomic E-state index is 13.5. The molecule has 4 aromatic carbocycles. The van der Waals surface area contributed by atoms with Crippen LogP contribution in [-0.2, 0) is 18.9 Å². The number of anilines is 1. The summed E-state index contributed by atoms with van der Waals surface area (Å²) in [6.07, 6.45) is 0.570. The maximum Gasteiger partial charge on any atom is 0.338 e. The molecule has 1 fully saturated rings. The third-order valence-corrected chi connectivity index (χ3v) is 8.31. The molecular weight excluding hydrogens is 664 g/mol. The van der Waals surface area contributed by atoms with Crippen LogP contribution in [0.1, 0.15) is 57.1 Å². The summed E-state index contributed by atoms with van der Waals surface area (Å²) in [5.74, 6) is -1.95. The molecule has 4 atom stereocenters. The third kappa shape index (κ3) is 8.90. The lowest BCUT2D eigenvalue weighted by Gasteiger charge is -2.24. The Labute approximate surface area is 300 Å². The van der Waals surface area contributed by atoms with E-state index in [0.717, 1.165) is 12.8 Å². The molecule has 12 heteroatoms. The van der Waals surface area contributed by atoms with E-state index in [4.69, 9.17) is 18.9 Å². The highest BCUT2D eigenvalue weighted by molar-refractivity contribution is 5.91. The van der Waals surface area contributed by atoms with Crippen LogP contribution in [0.15, 0.2) is 128 Å². The fraction of sp³-hybridized carbons (Fsp3) is 0.225. The van der Waals surface area contributed by atoms with E-state index in [1.54, 1.807) is 120 Å². The molecule has 1 aliphatic rings. The van der Waals surface area contributed by atoms with Crippen LogP contribution >= 0.6 is 0 Å². The summed E-state index contributed by atoms with van der Waals surface area (Å²) in [7, 11) is 0. The van der Waals surface area contributed by atoms with Crippen LogP contribution in [0.5, 0.6) is 0 Å². The average molecular weight is 703 g/mol. The van der Waals surface area contributed by atoms with Crippen molar-refractivity contribution < 1.29 is 38.1 Å². The zero-order chi connectivity index (χ0) is 36.3. The van der Waals surface area contributed by atoms with Crippen LogP contribution in [0.2, 0.25) is 0 Å².